The van der Waals surface area contributed by atoms with Gasteiger partial charge in [0.05, 0.1) is 0 Å². The molecular weight excluding hydrogens is 622 g/mol. The summed E-state index contributed by atoms with van der Waals surface area (Å²) in [6.45, 7) is 5.87. The molecule has 0 radical (unpaired) electrons. The van der Waals surface area contributed by atoms with Crippen LogP contribution < -0.4 is 11.1 Å². The lowest BCUT2D eigenvalue weighted by Gasteiger charge is -2.34. The van der Waals surface area contributed by atoms with Gasteiger partial charge in [0.1, 0.15) is 12.1 Å². The van der Waals surface area contributed by atoms with Gasteiger partial charge in [-0.15, -0.1) is 0 Å². The molecule has 7 nitrogen and oxygen atoms in total. The van der Waals surface area contributed by atoms with Gasteiger partial charge in [-0.1, -0.05) is 84.4 Å². The zero-order valence-electron chi connectivity index (χ0n) is 28.9. The standard InChI is InChI=1S/C40H46F2N4O3/c1-27(26-40(2,3)43)21-37(47)45(4)36(25-29-15-17-31-13-9-10-14-32(31)22-29)39(49)46(5)35(24-30-16-18-33(41)34(42)23-30)38(48)44-20-19-28-11-7-6-8-12-28/h6-18,21-23,35-36H,19-20,24-26,43H2,1-5H3,(H,44,48)/t35-,36-/m1/s1. The first kappa shape index (κ1) is 36.9. The van der Waals surface area contributed by atoms with E-state index in [9.17, 15) is 23.2 Å². The quantitative estimate of drug-likeness (QED) is 0.162. The number of amides is 3. The number of likely N-dealkylation sites (N-methyl/N-ethyl adjacent to an activating group) is 2. The Hall–Kier alpha value is -4.89. The molecule has 0 heterocycles. The minimum atomic E-state index is -1.08. The van der Waals surface area contributed by atoms with Crippen LogP contribution in [0, 0.1) is 11.6 Å². The third kappa shape index (κ3) is 10.5. The number of benzene rings is 4. The van der Waals surface area contributed by atoms with E-state index in [-0.39, 0.29) is 18.7 Å². The van der Waals surface area contributed by atoms with Crippen molar-refractivity contribution >= 4 is 28.5 Å². The highest BCUT2D eigenvalue weighted by atomic mass is 19.2. The van der Waals surface area contributed by atoms with Gasteiger partial charge in [-0.05, 0) is 73.2 Å². The maximum Gasteiger partial charge on any atom is 0.246 e. The first-order valence-corrected chi connectivity index (χ1v) is 16.4. The predicted molar refractivity (Wildman–Crippen MR) is 191 cm³/mol. The van der Waals surface area contributed by atoms with Crippen LogP contribution in [-0.2, 0) is 33.6 Å². The van der Waals surface area contributed by atoms with Crippen LogP contribution >= 0.6 is 0 Å². The molecule has 0 aromatic heterocycles. The molecule has 0 aliphatic rings. The zero-order valence-corrected chi connectivity index (χ0v) is 28.9. The Bertz CT molecular complexity index is 1800. The number of halogens is 2. The number of rotatable bonds is 14. The lowest BCUT2D eigenvalue weighted by molar-refractivity contribution is -0.146. The molecule has 4 aromatic rings. The predicted octanol–water partition coefficient (Wildman–Crippen LogP) is 5.99. The molecule has 0 unspecified atom stereocenters. The average molecular weight is 669 g/mol. The Balaban J connectivity index is 1.66. The van der Waals surface area contributed by atoms with Crippen LogP contribution in [0.2, 0.25) is 0 Å². The van der Waals surface area contributed by atoms with Gasteiger partial charge in [0.2, 0.25) is 17.7 Å². The van der Waals surface area contributed by atoms with Crippen molar-refractivity contribution in [2.24, 2.45) is 5.73 Å². The lowest BCUT2D eigenvalue weighted by atomic mass is 9.96. The molecule has 0 spiro atoms. The fraction of sp³-hybridized carbons (Fsp3) is 0.325. The van der Waals surface area contributed by atoms with Gasteiger partial charge >= 0.3 is 0 Å². The minimum Gasteiger partial charge on any atom is -0.354 e. The summed E-state index contributed by atoms with van der Waals surface area (Å²) in [6.07, 6.45) is 2.65. The molecule has 0 bridgehead atoms. The van der Waals surface area contributed by atoms with Gasteiger partial charge in [0.15, 0.2) is 11.6 Å². The van der Waals surface area contributed by atoms with Gasteiger partial charge in [0, 0.05) is 45.1 Å². The van der Waals surface area contributed by atoms with Crippen molar-refractivity contribution in [3.63, 3.8) is 0 Å². The second-order valence-corrected chi connectivity index (χ2v) is 13.5. The maximum atomic E-state index is 14.5. The van der Waals surface area contributed by atoms with Gasteiger partial charge in [-0.2, -0.15) is 0 Å². The smallest absolute Gasteiger partial charge is 0.246 e. The third-order valence-electron chi connectivity index (χ3n) is 8.53. The Morgan fingerprint density at radius 3 is 2.06 bits per heavy atom. The molecule has 0 aliphatic heterocycles. The Morgan fingerprint density at radius 1 is 0.776 bits per heavy atom. The highest BCUT2D eigenvalue weighted by Gasteiger charge is 2.35. The summed E-state index contributed by atoms with van der Waals surface area (Å²) in [4.78, 5) is 44.6. The van der Waals surface area contributed by atoms with Gasteiger partial charge < -0.3 is 20.9 Å². The second kappa shape index (κ2) is 16.5. The van der Waals surface area contributed by atoms with E-state index in [2.05, 4.69) is 5.32 Å². The molecule has 0 aliphatic carbocycles. The summed E-state index contributed by atoms with van der Waals surface area (Å²) in [5.41, 5.74) is 8.63. The van der Waals surface area contributed by atoms with Crippen molar-refractivity contribution in [1.82, 2.24) is 15.1 Å². The van der Waals surface area contributed by atoms with E-state index in [0.717, 1.165) is 39.6 Å². The summed E-state index contributed by atoms with van der Waals surface area (Å²) in [7, 11) is 3.08. The zero-order chi connectivity index (χ0) is 35.7. The number of carbonyl (C=O) groups is 3. The topological polar surface area (TPSA) is 95.7 Å². The molecule has 258 valence electrons. The van der Waals surface area contributed by atoms with Gasteiger partial charge in [-0.3, -0.25) is 14.4 Å². The fourth-order valence-corrected chi connectivity index (χ4v) is 5.99. The van der Waals surface area contributed by atoms with Crippen molar-refractivity contribution < 1.29 is 23.2 Å². The van der Waals surface area contributed by atoms with Crippen LogP contribution in [0.4, 0.5) is 8.78 Å². The van der Waals surface area contributed by atoms with Crippen LogP contribution in [0.3, 0.4) is 0 Å². The Morgan fingerprint density at radius 2 is 1.39 bits per heavy atom. The van der Waals surface area contributed by atoms with Gasteiger partial charge in [-0.25, -0.2) is 8.78 Å². The molecule has 0 fully saturated rings. The number of carbonyl (C=O) groups excluding carboxylic acids is 3. The summed E-state index contributed by atoms with van der Waals surface area (Å²) in [5, 5.41) is 4.95. The molecular formula is C40H46F2N4O3. The molecule has 3 amide bonds. The van der Waals surface area contributed by atoms with E-state index >= 15 is 0 Å². The number of hydrogen-bond donors (Lipinski definition) is 2. The van der Waals surface area contributed by atoms with E-state index in [4.69, 9.17) is 5.73 Å². The monoisotopic (exact) mass is 668 g/mol. The highest BCUT2D eigenvalue weighted by molar-refractivity contribution is 5.95. The molecule has 2 atom stereocenters. The molecule has 0 saturated heterocycles. The third-order valence-corrected chi connectivity index (χ3v) is 8.53. The van der Waals surface area contributed by atoms with Crippen molar-refractivity contribution in [3.8, 4) is 0 Å². The number of nitrogens with zero attached hydrogens (tertiary/aromatic N) is 2. The average Bonchev–Trinajstić information content (AvgIpc) is 3.06. The molecule has 0 saturated carbocycles. The Labute approximate surface area is 287 Å². The van der Waals surface area contributed by atoms with Crippen molar-refractivity contribution in [2.45, 2.75) is 64.1 Å². The van der Waals surface area contributed by atoms with E-state index in [0.29, 0.717) is 24.9 Å². The largest absolute Gasteiger partial charge is 0.354 e. The maximum absolute atomic E-state index is 14.5. The Kier molecular flexibility index (Phi) is 12.4. The highest BCUT2D eigenvalue weighted by Crippen LogP contribution is 2.21. The van der Waals surface area contributed by atoms with E-state index < -0.39 is 41.1 Å². The van der Waals surface area contributed by atoms with E-state index in [1.807, 2.05) is 93.6 Å². The van der Waals surface area contributed by atoms with Crippen LogP contribution in [0.5, 0.6) is 0 Å². The van der Waals surface area contributed by atoms with Crippen molar-refractivity contribution in [3.05, 3.63) is 131 Å². The number of hydrogen-bond acceptors (Lipinski definition) is 4. The lowest BCUT2D eigenvalue weighted by Crippen LogP contribution is -2.56. The molecule has 4 aromatic carbocycles. The van der Waals surface area contributed by atoms with Crippen molar-refractivity contribution in [1.29, 1.82) is 0 Å². The molecule has 4 rings (SSSR count). The molecule has 49 heavy (non-hydrogen) atoms. The fourth-order valence-electron chi connectivity index (χ4n) is 5.99. The first-order chi connectivity index (χ1) is 23.2. The SMILES string of the molecule is CC(=CC(=O)N(C)[C@H](Cc1ccc2ccccc2c1)C(=O)N(C)[C@H](Cc1ccc(F)c(F)c1)C(=O)NCCc1ccccc1)CC(C)(C)N. The van der Waals surface area contributed by atoms with Crippen LogP contribution in [0.15, 0.2) is 103 Å². The molecule has 9 heteroatoms. The summed E-state index contributed by atoms with van der Waals surface area (Å²) in [6, 6.07) is 24.8. The summed E-state index contributed by atoms with van der Waals surface area (Å²) < 4.78 is 28.0. The van der Waals surface area contributed by atoms with Gasteiger partial charge in [0.25, 0.3) is 0 Å². The van der Waals surface area contributed by atoms with E-state index in [1.54, 1.807) is 7.05 Å². The summed E-state index contributed by atoms with van der Waals surface area (Å²) in [5.74, 6) is -3.35. The summed E-state index contributed by atoms with van der Waals surface area (Å²) >= 11 is 0. The number of nitrogens with one attached hydrogen (secondary N) is 1. The van der Waals surface area contributed by atoms with Crippen molar-refractivity contribution in [2.75, 3.05) is 20.6 Å². The molecule has 3 N–H and O–H groups in total. The normalized spacial score (nSPS) is 13.1. The number of nitrogens with two attached hydrogens (primary N) is 1. The number of fused-ring (bicyclic) bond motifs is 1. The van der Waals surface area contributed by atoms with E-state index in [1.165, 1.54) is 29.0 Å². The minimum absolute atomic E-state index is 0.0679. The second-order valence-electron chi connectivity index (χ2n) is 13.5. The first-order valence-electron chi connectivity index (χ1n) is 16.4. The van der Waals surface area contributed by atoms with Crippen LogP contribution in [-0.4, -0.2) is 65.8 Å². The van der Waals surface area contributed by atoms with Crippen LogP contribution in [0.1, 0.15) is 43.9 Å². The van der Waals surface area contributed by atoms with Crippen LogP contribution in [0.25, 0.3) is 10.8 Å².